The van der Waals surface area contributed by atoms with Crippen LogP contribution in [-0.2, 0) is 7.05 Å². The van der Waals surface area contributed by atoms with Crippen molar-refractivity contribution in [2.75, 3.05) is 13.1 Å². The summed E-state index contributed by atoms with van der Waals surface area (Å²) in [5.74, 6) is 0.0716. The van der Waals surface area contributed by atoms with E-state index in [0.717, 1.165) is 19.5 Å². The summed E-state index contributed by atoms with van der Waals surface area (Å²) >= 11 is 0. The molecule has 5 heteroatoms. The van der Waals surface area contributed by atoms with Crippen molar-refractivity contribution in [1.82, 2.24) is 20.0 Å². The zero-order valence-electron chi connectivity index (χ0n) is 12.1. The second-order valence-corrected chi connectivity index (χ2v) is 5.54. The van der Waals surface area contributed by atoms with E-state index in [2.05, 4.69) is 24.3 Å². The van der Waals surface area contributed by atoms with Crippen molar-refractivity contribution in [2.24, 2.45) is 7.05 Å². The van der Waals surface area contributed by atoms with Gasteiger partial charge in [-0.15, -0.1) is 0 Å². The molecular formula is C14H24N4O. The smallest absolute Gasteiger partial charge is 0.272 e. The van der Waals surface area contributed by atoms with Gasteiger partial charge in [0.1, 0.15) is 5.69 Å². The standard InChI is InChI=1S/C14H24N4O/c1-11(2)18(10-12-6-4-5-8-15-12)14(19)13-7-9-16-17(13)3/h7,9,11-12,15H,4-6,8,10H2,1-3H3. The van der Waals surface area contributed by atoms with Crippen LogP contribution in [0.3, 0.4) is 0 Å². The minimum atomic E-state index is 0.0716. The first-order chi connectivity index (χ1) is 9.09. The molecule has 19 heavy (non-hydrogen) atoms. The third-order valence-electron chi connectivity index (χ3n) is 3.75. The van der Waals surface area contributed by atoms with Crippen LogP contribution in [0, 0.1) is 0 Å². The van der Waals surface area contributed by atoms with E-state index in [0.29, 0.717) is 11.7 Å². The van der Waals surface area contributed by atoms with E-state index in [9.17, 15) is 4.79 Å². The number of nitrogens with one attached hydrogen (secondary N) is 1. The zero-order chi connectivity index (χ0) is 13.8. The number of hydrogen-bond acceptors (Lipinski definition) is 3. The van der Waals surface area contributed by atoms with Gasteiger partial charge in [0, 0.05) is 31.9 Å². The van der Waals surface area contributed by atoms with E-state index in [1.807, 2.05) is 11.9 Å². The van der Waals surface area contributed by atoms with Gasteiger partial charge >= 0.3 is 0 Å². The zero-order valence-corrected chi connectivity index (χ0v) is 12.1. The summed E-state index contributed by atoms with van der Waals surface area (Å²) < 4.78 is 1.64. The third-order valence-corrected chi connectivity index (χ3v) is 3.75. The van der Waals surface area contributed by atoms with Crippen molar-refractivity contribution in [3.8, 4) is 0 Å². The maximum atomic E-state index is 12.6. The van der Waals surface area contributed by atoms with Crippen LogP contribution in [0.15, 0.2) is 12.3 Å². The van der Waals surface area contributed by atoms with Crippen LogP contribution >= 0.6 is 0 Å². The Hall–Kier alpha value is -1.36. The molecule has 1 fully saturated rings. The second-order valence-electron chi connectivity index (χ2n) is 5.54. The lowest BCUT2D eigenvalue weighted by Gasteiger charge is -2.33. The van der Waals surface area contributed by atoms with Gasteiger partial charge in [0.05, 0.1) is 0 Å². The number of carbonyl (C=O) groups is 1. The van der Waals surface area contributed by atoms with Crippen LogP contribution in [-0.4, -0.2) is 45.8 Å². The number of amides is 1. The molecule has 0 saturated carbocycles. The molecule has 106 valence electrons. The van der Waals surface area contributed by atoms with Crippen molar-refractivity contribution in [3.05, 3.63) is 18.0 Å². The van der Waals surface area contributed by atoms with Gasteiger partial charge in [-0.05, 0) is 39.3 Å². The Morgan fingerprint density at radius 1 is 1.58 bits per heavy atom. The van der Waals surface area contributed by atoms with Gasteiger partial charge in [-0.1, -0.05) is 6.42 Å². The Morgan fingerprint density at radius 3 is 2.89 bits per heavy atom. The number of carbonyl (C=O) groups excluding carboxylic acids is 1. The number of nitrogens with zero attached hydrogens (tertiary/aromatic N) is 3. The maximum Gasteiger partial charge on any atom is 0.272 e. The van der Waals surface area contributed by atoms with Crippen LogP contribution in [0.4, 0.5) is 0 Å². The Balaban J connectivity index is 2.07. The molecule has 1 aromatic heterocycles. The van der Waals surface area contributed by atoms with Gasteiger partial charge in [-0.3, -0.25) is 9.48 Å². The van der Waals surface area contributed by atoms with E-state index in [1.54, 1.807) is 16.9 Å². The maximum absolute atomic E-state index is 12.6. The molecule has 1 aromatic rings. The predicted octanol–water partition coefficient (Wildman–Crippen LogP) is 1.41. The number of aryl methyl sites for hydroxylation is 1. The lowest BCUT2D eigenvalue weighted by atomic mass is 10.0. The van der Waals surface area contributed by atoms with E-state index >= 15 is 0 Å². The minimum absolute atomic E-state index is 0.0716. The van der Waals surface area contributed by atoms with Crippen molar-refractivity contribution in [1.29, 1.82) is 0 Å². The molecule has 5 nitrogen and oxygen atoms in total. The molecule has 1 aliphatic heterocycles. The molecule has 0 aliphatic carbocycles. The molecule has 1 saturated heterocycles. The number of aromatic nitrogens is 2. The molecule has 1 atom stereocenters. The molecule has 0 aromatic carbocycles. The molecule has 1 amide bonds. The molecule has 0 spiro atoms. The quantitative estimate of drug-likeness (QED) is 0.894. The average molecular weight is 264 g/mol. The van der Waals surface area contributed by atoms with Gasteiger partial charge < -0.3 is 10.2 Å². The third kappa shape index (κ3) is 3.35. The highest BCUT2D eigenvalue weighted by Crippen LogP contribution is 2.13. The Morgan fingerprint density at radius 2 is 2.37 bits per heavy atom. The predicted molar refractivity (Wildman–Crippen MR) is 75.0 cm³/mol. The first-order valence-electron chi connectivity index (χ1n) is 7.12. The van der Waals surface area contributed by atoms with Crippen LogP contribution in [0.5, 0.6) is 0 Å². The summed E-state index contributed by atoms with van der Waals surface area (Å²) in [7, 11) is 1.81. The highest BCUT2D eigenvalue weighted by molar-refractivity contribution is 5.92. The second kappa shape index (κ2) is 6.19. The van der Waals surface area contributed by atoms with Gasteiger partial charge in [0.15, 0.2) is 0 Å². The normalized spacial score (nSPS) is 19.7. The molecule has 0 radical (unpaired) electrons. The SMILES string of the molecule is CC(C)N(CC1CCCCN1)C(=O)c1ccnn1C. The summed E-state index contributed by atoms with van der Waals surface area (Å²) in [5.41, 5.74) is 0.657. The summed E-state index contributed by atoms with van der Waals surface area (Å²) in [4.78, 5) is 14.5. The van der Waals surface area contributed by atoms with E-state index < -0.39 is 0 Å². The van der Waals surface area contributed by atoms with Crippen molar-refractivity contribution in [3.63, 3.8) is 0 Å². The molecule has 2 heterocycles. The van der Waals surface area contributed by atoms with Crippen molar-refractivity contribution in [2.45, 2.75) is 45.2 Å². The van der Waals surface area contributed by atoms with Gasteiger partial charge in [-0.2, -0.15) is 5.10 Å². The van der Waals surface area contributed by atoms with Crippen LogP contribution < -0.4 is 5.32 Å². The topological polar surface area (TPSA) is 50.2 Å². The summed E-state index contributed by atoms with van der Waals surface area (Å²) in [5, 5.41) is 7.58. The Bertz CT molecular complexity index is 421. The molecule has 1 N–H and O–H groups in total. The lowest BCUT2D eigenvalue weighted by Crippen LogP contribution is -2.48. The van der Waals surface area contributed by atoms with Crippen LogP contribution in [0.2, 0.25) is 0 Å². The number of rotatable bonds is 4. The first-order valence-corrected chi connectivity index (χ1v) is 7.12. The fourth-order valence-corrected chi connectivity index (χ4v) is 2.58. The first kappa shape index (κ1) is 14.1. The molecule has 1 unspecified atom stereocenters. The van der Waals surface area contributed by atoms with Gasteiger partial charge in [-0.25, -0.2) is 0 Å². The summed E-state index contributed by atoms with van der Waals surface area (Å²) in [6, 6.07) is 2.41. The van der Waals surface area contributed by atoms with Gasteiger partial charge in [0.2, 0.25) is 0 Å². The van der Waals surface area contributed by atoms with Crippen LogP contribution in [0.25, 0.3) is 0 Å². The molecule has 2 rings (SSSR count). The van der Waals surface area contributed by atoms with E-state index in [-0.39, 0.29) is 11.9 Å². The van der Waals surface area contributed by atoms with Crippen molar-refractivity contribution >= 4 is 5.91 Å². The monoisotopic (exact) mass is 264 g/mol. The van der Waals surface area contributed by atoms with Crippen LogP contribution in [0.1, 0.15) is 43.6 Å². The molecule has 0 bridgehead atoms. The molecular weight excluding hydrogens is 240 g/mol. The van der Waals surface area contributed by atoms with Gasteiger partial charge in [0.25, 0.3) is 5.91 Å². The average Bonchev–Trinajstić information content (AvgIpc) is 2.82. The summed E-state index contributed by atoms with van der Waals surface area (Å²) in [6.45, 7) is 5.98. The van der Waals surface area contributed by atoms with E-state index in [1.165, 1.54) is 12.8 Å². The Labute approximate surface area is 115 Å². The number of hydrogen-bond donors (Lipinski definition) is 1. The largest absolute Gasteiger partial charge is 0.333 e. The fraction of sp³-hybridized carbons (Fsp3) is 0.714. The van der Waals surface area contributed by atoms with Crippen molar-refractivity contribution < 1.29 is 4.79 Å². The Kier molecular flexibility index (Phi) is 4.58. The minimum Gasteiger partial charge on any atom is -0.333 e. The lowest BCUT2D eigenvalue weighted by molar-refractivity contribution is 0.0665. The fourth-order valence-electron chi connectivity index (χ4n) is 2.58. The number of piperidine rings is 1. The highest BCUT2D eigenvalue weighted by atomic mass is 16.2. The van der Waals surface area contributed by atoms with E-state index in [4.69, 9.17) is 0 Å². The summed E-state index contributed by atoms with van der Waals surface area (Å²) in [6.07, 6.45) is 5.32. The highest BCUT2D eigenvalue weighted by Gasteiger charge is 2.25. The molecule has 1 aliphatic rings.